The summed E-state index contributed by atoms with van der Waals surface area (Å²) in [7, 11) is -1.36. The van der Waals surface area contributed by atoms with Crippen LogP contribution in [0.3, 0.4) is 0 Å². The van der Waals surface area contributed by atoms with E-state index in [-0.39, 0.29) is 6.10 Å². The van der Waals surface area contributed by atoms with Gasteiger partial charge in [0.2, 0.25) is 0 Å². The molecule has 1 aliphatic carbocycles. The zero-order chi connectivity index (χ0) is 21.0. The van der Waals surface area contributed by atoms with E-state index in [0.29, 0.717) is 15.5 Å². The number of pyridine rings is 1. The molecule has 1 unspecified atom stereocenters. The van der Waals surface area contributed by atoms with Crippen LogP contribution in [-0.2, 0) is 17.2 Å². The molecule has 2 aromatic heterocycles. The third-order valence-electron chi connectivity index (χ3n) is 5.72. The van der Waals surface area contributed by atoms with Crippen molar-refractivity contribution in [3.05, 3.63) is 78.4 Å². The van der Waals surface area contributed by atoms with Gasteiger partial charge in [-0.1, -0.05) is 36.8 Å². The standard InChI is InChI=1S/C25H25N3O2S/c29-31(20-11-13-26-14-12-20)24-17-22-21(16-23(24)30-19-9-5-2-6-10-19)27-25(28-22)15-18-7-3-1-4-8-18/h1,3-4,7-8,11-14,16-17,19H,2,5-6,9-10,15H2,(H,27,28). The van der Waals surface area contributed by atoms with Crippen LogP contribution in [0, 0.1) is 0 Å². The Labute approximate surface area is 184 Å². The first-order valence-electron chi connectivity index (χ1n) is 10.8. The number of benzene rings is 2. The lowest BCUT2D eigenvalue weighted by Crippen LogP contribution is -2.20. The Morgan fingerprint density at radius 3 is 2.55 bits per heavy atom. The molecule has 1 N–H and O–H groups in total. The van der Waals surface area contributed by atoms with E-state index in [2.05, 4.69) is 22.1 Å². The van der Waals surface area contributed by atoms with E-state index < -0.39 is 10.8 Å². The average Bonchev–Trinajstić information content (AvgIpc) is 3.21. The maximum Gasteiger partial charge on any atom is 0.138 e. The van der Waals surface area contributed by atoms with Gasteiger partial charge in [-0.25, -0.2) is 9.19 Å². The van der Waals surface area contributed by atoms with Gasteiger partial charge >= 0.3 is 0 Å². The Hall–Kier alpha value is -2.99. The Bertz CT molecular complexity index is 1190. The highest BCUT2D eigenvalue weighted by Crippen LogP contribution is 2.33. The summed E-state index contributed by atoms with van der Waals surface area (Å²) in [4.78, 5) is 13.6. The second kappa shape index (κ2) is 9.02. The second-order valence-corrected chi connectivity index (χ2v) is 9.44. The first-order chi connectivity index (χ1) is 15.3. The van der Waals surface area contributed by atoms with Gasteiger partial charge in [0, 0.05) is 29.8 Å². The first kappa shape index (κ1) is 19.9. The SMILES string of the molecule is O=S(c1ccncc1)c1cc2[nH]c(Cc3ccccc3)nc2cc1OC1CCCCC1. The molecule has 2 heterocycles. The minimum Gasteiger partial charge on any atom is -0.489 e. The van der Waals surface area contributed by atoms with Crippen molar-refractivity contribution in [1.82, 2.24) is 15.0 Å². The fourth-order valence-corrected chi connectivity index (χ4v) is 5.27. The fraction of sp³-hybridized carbons (Fsp3) is 0.280. The molecule has 1 fully saturated rings. The van der Waals surface area contributed by atoms with Gasteiger partial charge in [-0.2, -0.15) is 0 Å². The normalized spacial score (nSPS) is 15.7. The van der Waals surface area contributed by atoms with E-state index >= 15 is 0 Å². The van der Waals surface area contributed by atoms with Gasteiger partial charge < -0.3 is 9.72 Å². The maximum absolute atomic E-state index is 13.4. The van der Waals surface area contributed by atoms with Crippen molar-refractivity contribution >= 4 is 21.8 Å². The number of aromatic nitrogens is 3. The van der Waals surface area contributed by atoms with Crippen molar-refractivity contribution in [3.63, 3.8) is 0 Å². The third-order valence-corrected chi connectivity index (χ3v) is 7.14. The van der Waals surface area contributed by atoms with E-state index in [4.69, 9.17) is 9.72 Å². The van der Waals surface area contributed by atoms with Crippen LogP contribution in [0.25, 0.3) is 11.0 Å². The number of fused-ring (bicyclic) bond motifs is 1. The number of hydrogen-bond donors (Lipinski definition) is 1. The molecule has 6 heteroatoms. The van der Waals surface area contributed by atoms with E-state index in [0.717, 1.165) is 36.1 Å². The van der Waals surface area contributed by atoms with Gasteiger partial charge in [-0.3, -0.25) is 4.98 Å². The molecule has 0 bridgehead atoms. The number of H-pyrrole nitrogens is 1. The monoisotopic (exact) mass is 431 g/mol. The lowest BCUT2D eigenvalue weighted by atomic mass is 9.98. The van der Waals surface area contributed by atoms with Crippen LogP contribution in [0.15, 0.2) is 76.8 Å². The highest BCUT2D eigenvalue weighted by atomic mass is 32.2. The molecule has 0 aliphatic heterocycles. The number of nitrogens with one attached hydrogen (secondary N) is 1. The fourth-order valence-electron chi connectivity index (χ4n) is 4.13. The largest absolute Gasteiger partial charge is 0.489 e. The third kappa shape index (κ3) is 4.54. The van der Waals surface area contributed by atoms with Crippen LogP contribution < -0.4 is 4.74 Å². The molecule has 2 aromatic carbocycles. The molecule has 1 atom stereocenters. The summed E-state index contributed by atoms with van der Waals surface area (Å²) in [6, 6.07) is 17.7. The maximum atomic E-state index is 13.4. The first-order valence-corrected chi connectivity index (χ1v) is 12.0. The predicted octanol–water partition coefficient (Wildman–Crippen LogP) is 5.43. The van der Waals surface area contributed by atoms with E-state index in [1.165, 1.54) is 24.8 Å². The summed E-state index contributed by atoms with van der Waals surface area (Å²) >= 11 is 0. The molecule has 5 rings (SSSR count). The quantitative estimate of drug-likeness (QED) is 0.442. The summed E-state index contributed by atoms with van der Waals surface area (Å²) in [5, 5.41) is 0. The molecule has 0 saturated heterocycles. The van der Waals surface area contributed by atoms with Crippen LogP contribution in [-0.4, -0.2) is 25.3 Å². The Kier molecular flexibility index (Phi) is 5.80. The van der Waals surface area contributed by atoms with Crippen molar-refractivity contribution in [1.29, 1.82) is 0 Å². The molecule has 158 valence electrons. The molecule has 1 aliphatic rings. The minimum atomic E-state index is -1.36. The van der Waals surface area contributed by atoms with Crippen molar-refractivity contribution in [2.75, 3.05) is 0 Å². The minimum absolute atomic E-state index is 0.169. The number of ether oxygens (including phenoxy) is 1. The van der Waals surface area contributed by atoms with Crippen LogP contribution in [0.1, 0.15) is 43.5 Å². The number of imidazole rings is 1. The molecule has 0 amide bonds. The van der Waals surface area contributed by atoms with Gasteiger partial charge in [-0.15, -0.1) is 0 Å². The van der Waals surface area contributed by atoms with Gasteiger partial charge in [0.15, 0.2) is 0 Å². The van der Waals surface area contributed by atoms with Gasteiger partial charge in [0.1, 0.15) is 11.6 Å². The zero-order valence-corrected chi connectivity index (χ0v) is 18.1. The number of nitrogens with zero attached hydrogens (tertiary/aromatic N) is 2. The molecule has 1 saturated carbocycles. The van der Waals surface area contributed by atoms with Crippen molar-refractivity contribution < 1.29 is 8.95 Å². The van der Waals surface area contributed by atoms with Gasteiger partial charge in [-0.05, 0) is 49.4 Å². The number of hydrogen-bond acceptors (Lipinski definition) is 4. The Morgan fingerprint density at radius 2 is 1.77 bits per heavy atom. The average molecular weight is 432 g/mol. The summed E-state index contributed by atoms with van der Waals surface area (Å²) < 4.78 is 19.8. The Balaban J connectivity index is 1.53. The molecule has 0 spiro atoms. The molecule has 5 nitrogen and oxygen atoms in total. The summed E-state index contributed by atoms with van der Waals surface area (Å²) in [6.07, 6.45) is 9.93. The van der Waals surface area contributed by atoms with Crippen LogP contribution in [0.2, 0.25) is 0 Å². The van der Waals surface area contributed by atoms with E-state index in [9.17, 15) is 4.21 Å². The lowest BCUT2D eigenvalue weighted by Gasteiger charge is -2.24. The van der Waals surface area contributed by atoms with E-state index in [1.54, 1.807) is 24.5 Å². The summed E-state index contributed by atoms with van der Waals surface area (Å²) in [5.74, 6) is 1.56. The smallest absolute Gasteiger partial charge is 0.138 e. The van der Waals surface area contributed by atoms with Crippen LogP contribution in [0.5, 0.6) is 5.75 Å². The molecular formula is C25H25N3O2S. The van der Waals surface area contributed by atoms with Gasteiger partial charge in [0.05, 0.1) is 32.8 Å². The second-order valence-electron chi connectivity index (χ2n) is 7.99. The van der Waals surface area contributed by atoms with Gasteiger partial charge in [0.25, 0.3) is 0 Å². The lowest BCUT2D eigenvalue weighted by molar-refractivity contribution is 0.151. The van der Waals surface area contributed by atoms with Crippen molar-refractivity contribution in [2.24, 2.45) is 0 Å². The highest BCUT2D eigenvalue weighted by molar-refractivity contribution is 7.85. The van der Waals surface area contributed by atoms with Crippen LogP contribution >= 0.6 is 0 Å². The number of aromatic amines is 1. The van der Waals surface area contributed by atoms with Crippen molar-refractivity contribution in [2.45, 2.75) is 54.4 Å². The zero-order valence-electron chi connectivity index (χ0n) is 17.3. The summed E-state index contributed by atoms with van der Waals surface area (Å²) in [6.45, 7) is 0. The Morgan fingerprint density at radius 1 is 1.00 bits per heavy atom. The van der Waals surface area contributed by atoms with Crippen LogP contribution in [0.4, 0.5) is 0 Å². The van der Waals surface area contributed by atoms with E-state index in [1.807, 2.05) is 30.3 Å². The molecule has 31 heavy (non-hydrogen) atoms. The molecule has 0 radical (unpaired) electrons. The predicted molar refractivity (Wildman–Crippen MR) is 122 cm³/mol. The number of rotatable bonds is 6. The van der Waals surface area contributed by atoms with Crippen molar-refractivity contribution in [3.8, 4) is 5.75 Å². The summed E-state index contributed by atoms with van der Waals surface area (Å²) in [5.41, 5.74) is 2.91. The highest BCUT2D eigenvalue weighted by Gasteiger charge is 2.21. The molecular weight excluding hydrogens is 406 g/mol. The topological polar surface area (TPSA) is 67.9 Å². The molecule has 4 aromatic rings.